The van der Waals surface area contributed by atoms with E-state index in [1.54, 1.807) is 23.9 Å². The van der Waals surface area contributed by atoms with Gasteiger partial charge in [-0.05, 0) is 36.6 Å². The molecule has 0 spiro atoms. The number of nitrogens with zero attached hydrogens (tertiary/aromatic N) is 2. The molecule has 4 heteroatoms. The fourth-order valence-corrected chi connectivity index (χ4v) is 1.68. The molecule has 0 aliphatic rings. The Bertz CT molecular complexity index is 529. The van der Waals surface area contributed by atoms with Gasteiger partial charge in [0.15, 0.2) is 0 Å². The fourth-order valence-electron chi connectivity index (χ4n) is 1.27. The van der Waals surface area contributed by atoms with Crippen LogP contribution in [0.5, 0.6) is 11.6 Å². The van der Waals surface area contributed by atoms with Crippen LogP contribution in [0.4, 0.5) is 0 Å². The van der Waals surface area contributed by atoms with Crippen LogP contribution in [0.2, 0.25) is 0 Å². The molecule has 0 saturated carbocycles. The smallest absolute Gasteiger partial charge is 0.219 e. The molecule has 0 N–H and O–H groups in total. The Morgan fingerprint density at radius 1 is 1.18 bits per heavy atom. The molecule has 1 aromatic carbocycles. The molecule has 0 amide bonds. The molecule has 0 fully saturated rings. The van der Waals surface area contributed by atoms with Gasteiger partial charge in [-0.1, -0.05) is 0 Å². The highest BCUT2D eigenvalue weighted by Crippen LogP contribution is 2.22. The van der Waals surface area contributed by atoms with Crippen LogP contribution in [0.15, 0.2) is 47.5 Å². The van der Waals surface area contributed by atoms with Crippen LogP contribution in [0.3, 0.4) is 0 Å². The van der Waals surface area contributed by atoms with Crippen molar-refractivity contribution in [2.45, 2.75) is 4.90 Å². The molecule has 1 aromatic heterocycles. The van der Waals surface area contributed by atoms with Crippen molar-refractivity contribution in [1.82, 2.24) is 4.98 Å². The highest BCUT2D eigenvalue weighted by atomic mass is 32.2. The van der Waals surface area contributed by atoms with Gasteiger partial charge in [0.25, 0.3) is 0 Å². The average Bonchev–Trinajstić information content (AvgIpc) is 2.40. The van der Waals surface area contributed by atoms with E-state index in [2.05, 4.69) is 4.98 Å². The van der Waals surface area contributed by atoms with Crippen LogP contribution in [0.25, 0.3) is 0 Å². The maximum absolute atomic E-state index is 8.64. The zero-order chi connectivity index (χ0) is 12.1. The van der Waals surface area contributed by atoms with Crippen LogP contribution < -0.4 is 4.74 Å². The van der Waals surface area contributed by atoms with Crippen LogP contribution >= 0.6 is 11.8 Å². The number of hydrogen-bond acceptors (Lipinski definition) is 4. The maximum Gasteiger partial charge on any atom is 0.219 e. The van der Waals surface area contributed by atoms with E-state index in [9.17, 15) is 0 Å². The Morgan fingerprint density at radius 2 is 1.94 bits per heavy atom. The van der Waals surface area contributed by atoms with Gasteiger partial charge in [-0.2, -0.15) is 5.26 Å². The van der Waals surface area contributed by atoms with Gasteiger partial charge in [-0.25, -0.2) is 4.98 Å². The summed E-state index contributed by atoms with van der Waals surface area (Å²) in [4.78, 5) is 5.22. The van der Waals surface area contributed by atoms with Crippen molar-refractivity contribution < 1.29 is 4.74 Å². The molecular formula is C13H10N2OS. The highest BCUT2D eigenvalue weighted by molar-refractivity contribution is 7.98. The molecule has 84 valence electrons. The first-order valence-corrected chi connectivity index (χ1v) is 6.22. The first-order valence-electron chi connectivity index (χ1n) is 5.00. The first kappa shape index (κ1) is 11.5. The van der Waals surface area contributed by atoms with Crippen LogP contribution in [0.1, 0.15) is 5.56 Å². The standard InChI is InChI=1S/C13H10N2OS/c1-17-12-5-3-11(4-6-12)16-13-7-2-10(8-14)9-15-13/h2-7,9H,1H3. The Balaban J connectivity index is 2.11. The Labute approximate surface area is 104 Å². The first-order chi connectivity index (χ1) is 8.31. The van der Waals surface area contributed by atoms with Gasteiger partial charge in [0.1, 0.15) is 11.8 Å². The third-order valence-corrected chi connectivity index (χ3v) is 2.89. The number of ether oxygens (including phenoxy) is 1. The average molecular weight is 242 g/mol. The summed E-state index contributed by atoms with van der Waals surface area (Å²) < 4.78 is 5.55. The van der Waals surface area contributed by atoms with Gasteiger partial charge in [0.2, 0.25) is 5.88 Å². The summed E-state index contributed by atoms with van der Waals surface area (Å²) in [6.07, 6.45) is 3.52. The van der Waals surface area contributed by atoms with E-state index in [1.165, 1.54) is 11.1 Å². The van der Waals surface area contributed by atoms with E-state index in [-0.39, 0.29) is 0 Å². The van der Waals surface area contributed by atoms with Crippen LogP contribution in [0, 0.1) is 11.3 Å². The molecule has 0 atom stereocenters. The molecule has 0 bridgehead atoms. The number of nitriles is 1. The minimum atomic E-state index is 0.487. The van der Waals surface area contributed by atoms with E-state index in [0.717, 1.165) is 5.75 Å². The molecule has 2 rings (SSSR count). The molecular weight excluding hydrogens is 232 g/mol. The third kappa shape index (κ3) is 2.99. The molecule has 0 aliphatic carbocycles. The third-order valence-electron chi connectivity index (χ3n) is 2.15. The summed E-state index contributed by atoms with van der Waals surface area (Å²) >= 11 is 1.68. The van der Waals surface area contributed by atoms with Crippen LogP contribution in [-0.4, -0.2) is 11.2 Å². The molecule has 1 heterocycles. The lowest BCUT2D eigenvalue weighted by atomic mass is 10.3. The predicted octanol–water partition coefficient (Wildman–Crippen LogP) is 3.47. The van der Waals surface area contributed by atoms with Gasteiger partial charge >= 0.3 is 0 Å². The second kappa shape index (κ2) is 5.37. The van der Waals surface area contributed by atoms with Crippen molar-refractivity contribution in [2.24, 2.45) is 0 Å². The summed E-state index contributed by atoms with van der Waals surface area (Å²) in [5.74, 6) is 1.22. The largest absolute Gasteiger partial charge is 0.439 e. The summed E-state index contributed by atoms with van der Waals surface area (Å²) in [5.41, 5.74) is 0.523. The van der Waals surface area contributed by atoms with Crippen molar-refractivity contribution >= 4 is 11.8 Å². The van der Waals surface area contributed by atoms with E-state index >= 15 is 0 Å². The lowest BCUT2D eigenvalue weighted by Crippen LogP contribution is -1.88. The molecule has 17 heavy (non-hydrogen) atoms. The number of aromatic nitrogens is 1. The zero-order valence-electron chi connectivity index (χ0n) is 9.25. The summed E-state index contributed by atoms with van der Waals surface area (Å²) in [7, 11) is 0. The normalized spacial score (nSPS) is 9.65. The number of thioether (sulfide) groups is 1. The summed E-state index contributed by atoms with van der Waals surface area (Å²) in [5, 5.41) is 8.64. The van der Waals surface area contributed by atoms with E-state index in [0.29, 0.717) is 11.4 Å². The summed E-state index contributed by atoms with van der Waals surface area (Å²) in [6.45, 7) is 0. The fraction of sp³-hybridized carbons (Fsp3) is 0.0769. The minimum absolute atomic E-state index is 0.487. The second-order valence-electron chi connectivity index (χ2n) is 3.27. The van der Waals surface area contributed by atoms with Gasteiger partial charge in [-0.3, -0.25) is 0 Å². The van der Waals surface area contributed by atoms with E-state index in [4.69, 9.17) is 10.00 Å². The predicted molar refractivity (Wildman–Crippen MR) is 67.2 cm³/mol. The molecule has 3 nitrogen and oxygen atoms in total. The number of rotatable bonds is 3. The molecule has 2 aromatic rings. The van der Waals surface area contributed by atoms with E-state index in [1.807, 2.05) is 36.6 Å². The Morgan fingerprint density at radius 3 is 2.47 bits per heavy atom. The number of pyridine rings is 1. The van der Waals surface area contributed by atoms with Gasteiger partial charge < -0.3 is 4.74 Å². The minimum Gasteiger partial charge on any atom is -0.439 e. The van der Waals surface area contributed by atoms with Gasteiger partial charge in [0, 0.05) is 17.2 Å². The molecule has 0 unspecified atom stereocenters. The highest BCUT2D eigenvalue weighted by Gasteiger charge is 1.99. The van der Waals surface area contributed by atoms with Crippen molar-refractivity contribution in [1.29, 1.82) is 5.26 Å². The van der Waals surface area contributed by atoms with Crippen LogP contribution in [-0.2, 0) is 0 Å². The Hall–Kier alpha value is -1.99. The lowest BCUT2D eigenvalue weighted by molar-refractivity contribution is 0.462. The maximum atomic E-state index is 8.64. The van der Waals surface area contributed by atoms with Gasteiger partial charge in [-0.15, -0.1) is 11.8 Å². The monoisotopic (exact) mass is 242 g/mol. The van der Waals surface area contributed by atoms with Gasteiger partial charge in [0.05, 0.1) is 5.56 Å². The van der Waals surface area contributed by atoms with Crippen molar-refractivity contribution in [3.8, 4) is 17.7 Å². The summed E-state index contributed by atoms with van der Waals surface area (Å²) in [6, 6.07) is 13.1. The lowest BCUT2D eigenvalue weighted by Gasteiger charge is -2.04. The number of hydrogen-bond donors (Lipinski definition) is 0. The number of benzene rings is 1. The quantitative estimate of drug-likeness (QED) is 0.773. The Kier molecular flexibility index (Phi) is 3.63. The zero-order valence-corrected chi connectivity index (χ0v) is 10.1. The topological polar surface area (TPSA) is 45.9 Å². The SMILES string of the molecule is CSc1ccc(Oc2ccc(C#N)cn2)cc1. The van der Waals surface area contributed by atoms with Crippen molar-refractivity contribution in [3.05, 3.63) is 48.2 Å². The van der Waals surface area contributed by atoms with E-state index < -0.39 is 0 Å². The van der Waals surface area contributed by atoms with Crippen molar-refractivity contribution in [2.75, 3.05) is 6.26 Å². The van der Waals surface area contributed by atoms with Crippen molar-refractivity contribution in [3.63, 3.8) is 0 Å². The second-order valence-corrected chi connectivity index (χ2v) is 4.15. The molecule has 0 radical (unpaired) electrons. The molecule has 0 saturated heterocycles. The molecule has 0 aliphatic heterocycles.